The van der Waals surface area contributed by atoms with Crippen molar-refractivity contribution in [3.05, 3.63) is 0 Å². The van der Waals surface area contributed by atoms with Gasteiger partial charge in [0.1, 0.15) is 0 Å². The number of ether oxygens (including phenoxy) is 1. The van der Waals surface area contributed by atoms with Crippen LogP contribution < -0.4 is 0 Å². The molecule has 0 aromatic rings. The van der Waals surface area contributed by atoms with Crippen molar-refractivity contribution in [2.24, 2.45) is 0 Å². The van der Waals surface area contributed by atoms with Gasteiger partial charge in [-0.1, -0.05) is 0 Å². The standard InChI is InChI=1S/C19H23F17O4Si/c1-4-38-41(39-5-2,40-6-3)11(9-7-8-10-37-11)12(20,21)13(22,23)14(24,25)15(26,27)16(28,29)17(30,31)18(32,33)19(34,35)36/h4-10H2,1-3H3. The Morgan fingerprint density at radius 2 is 0.878 bits per heavy atom. The van der Waals surface area contributed by atoms with Gasteiger partial charge in [0.25, 0.3) is 0 Å². The van der Waals surface area contributed by atoms with Gasteiger partial charge < -0.3 is 18.0 Å². The molecule has 0 amide bonds. The molecule has 0 spiro atoms. The fourth-order valence-electron chi connectivity index (χ4n) is 3.94. The second kappa shape index (κ2) is 11.4. The number of hydrogen-bond acceptors (Lipinski definition) is 4. The maximum absolute atomic E-state index is 15.7. The summed E-state index contributed by atoms with van der Waals surface area (Å²) in [5, 5.41) is -4.31. The molecule has 1 rings (SSSR count). The first-order valence-corrected chi connectivity index (χ1v) is 13.1. The van der Waals surface area contributed by atoms with Crippen LogP contribution in [-0.2, 0) is 18.0 Å². The normalized spacial score (nSPS) is 21.4. The number of rotatable bonds is 14. The molecule has 0 aromatic carbocycles. The van der Waals surface area contributed by atoms with Gasteiger partial charge in [-0.2, -0.15) is 74.6 Å². The topological polar surface area (TPSA) is 36.9 Å². The fourth-order valence-corrected chi connectivity index (χ4v) is 7.33. The van der Waals surface area contributed by atoms with Crippen molar-refractivity contribution in [2.75, 3.05) is 26.4 Å². The van der Waals surface area contributed by atoms with Gasteiger partial charge in [-0.05, 0) is 40.0 Å². The highest BCUT2D eigenvalue weighted by atomic mass is 28.4. The molecule has 1 heterocycles. The zero-order chi connectivity index (χ0) is 32.8. The van der Waals surface area contributed by atoms with Crippen molar-refractivity contribution in [1.29, 1.82) is 0 Å². The van der Waals surface area contributed by atoms with Crippen LogP contribution in [0.25, 0.3) is 0 Å². The Morgan fingerprint density at radius 1 is 0.537 bits per heavy atom. The summed E-state index contributed by atoms with van der Waals surface area (Å²) in [6.07, 6.45) is -10.3. The van der Waals surface area contributed by atoms with Gasteiger partial charge in [-0.3, -0.25) is 0 Å². The third kappa shape index (κ3) is 5.09. The predicted octanol–water partition coefficient (Wildman–Crippen LogP) is 7.52. The summed E-state index contributed by atoms with van der Waals surface area (Å²) < 4.78 is 257. The van der Waals surface area contributed by atoms with Gasteiger partial charge in [0.15, 0.2) is 0 Å². The van der Waals surface area contributed by atoms with E-state index in [9.17, 15) is 57.1 Å². The highest BCUT2D eigenvalue weighted by molar-refractivity contribution is 6.64. The number of alkyl halides is 17. The first-order valence-electron chi connectivity index (χ1n) is 11.4. The molecule has 22 heteroatoms. The van der Waals surface area contributed by atoms with Gasteiger partial charge in [0, 0.05) is 26.4 Å². The van der Waals surface area contributed by atoms with Gasteiger partial charge >= 0.3 is 56.4 Å². The van der Waals surface area contributed by atoms with Crippen LogP contribution >= 0.6 is 0 Å². The third-order valence-corrected chi connectivity index (χ3v) is 9.70. The van der Waals surface area contributed by atoms with E-state index in [-0.39, 0.29) is 6.42 Å². The van der Waals surface area contributed by atoms with Gasteiger partial charge in [0.05, 0.1) is 0 Å². The van der Waals surface area contributed by atoms with Crippen LogP contribution in [0.5, 0.6) is 0 Å². The maximum Gasteiger partial charge on any atom is 0.541 e. The molecule has 1 unspecified atom stereocenters. The largest absolute Gasteiger partial charge is 0.541 e. The molecule has 1 aliphatic heterocycles. The van der Waals surface area contributed by atoms with Crippen LogP contribution in [0.2, 0.25) is 0 Å². The molecular weight excluding hydrogens is 643 g/mol. The number of halogens is 17. The summed E-state index contributed by atoms with van der Waals surface area (Å²) in [4.78, 5) is 0. The molecule has 0 bridgehead atoms. The summed E-state index contributed by atoms with van der Waals surface area (Å²) in [7, 11) is -5.70. The first kappa shape index (κ1) is 37.9. The van der Waals surface area contributed by atoms with E-state index in [1.807, 2.05) is 0 Å². The molecule has 4 nitrogen and oxygen atoms in total. The van der Waals surface area contributed by atoms with E-state index in [0.717, 1.165) is 20.8 Å². The summed E-state index contributed by atoms with van der Waals surface area (Å²) in [5.41, 5.74) is 0. The second-order valence-electron chi connectivity index (χ2n) is 8.51. The summed E-state index contributed by atoms with van der Waals surface area (Å²) in [5.74, 6) is -57.6. The molecular formula is C19H23F17O4Si. The molecule has 1 fully saturated rings. The first-order chi connectivity index (χ1) is 18.1. The Morgan fingerprint density at radius 3 is 1.17 bits per heavy atom. The highest BCUT2D eigenvalue weighted by Gasteiger charge is 2.97. The van der Waals surface area contributed by atoms with Gasteiger partial charge in [0.2, 0.25) is 5.22 Å². The predicted molar refractivity (Wildman–Crippen MR) is 104 cm³/mol. The fraction of sp³-hybridized carbons (Fsp3) is 1.00. The highest BCUT2D eigenvalue weighted by Crippen LogP contribution is 2.66. The van der Waals surface area contributed by atoms with Crippen molar-refractivity contribution < 1.29 is 92.7 Å². The molecule has 0 N–H and O–H groups in total. The van der Waals surface area contributed by atoms with E-state index in [0.29, 0.717) is 0 Å². The Labute approximate surface area is 221 Å². The Balaban J connectivity index is 4.02. The quantitative estimate of drug-likeness (QED) is 0.142. The second-order valence-corrected chi connectivity index (χ2v) is 11.3. The van der Waals surface area contributed by atoms with Crippen molar-refractivity contribution in [3.8, 4) is 0 Å². The Bertz CT molecular complexity index is 870. The lowest BCUT2D eigenvalue weighted by Gasteiger charge is -2.52. The van der Waals surface area contributed by atoms with Crippen LogP contribution in [0.1, 0.15) is 40.0 Å². The average Bonchev–Trinajstić information content (AvgIpc) is 2.83. The van der Waals surface area contributed by atoms with Gasteiger partial charge in [-0.15, -0.1) is 0 Å². The van der Waals surface area contributed by atoms with E-state index in [1.165, 1.54) is 0 Å². The number of hydrogen-bond donors (Lipinski definition) is 0. The van der Waals surface area contributed by atoms with E-state index >= 15 is 17.6 Å². The molecule has 1 aliphatic rings. The molecule has 0 radical (unpaired) electrons. The zero-order valence-electron chi connectivity index (χ0n) is 21.0. The smallest absolute Gasteiger partial charge is 0.372 e. The molecule has 1 saturated heterocycles. The van der Waals surface area contributed by atoms with Crippen LogP contribution in [0.15, 0.2) is 0 Å². The summed E-state index contributed by atoms with van der Waals surface area (Å²) >= 11 is 0. The van der Waals surface area contributed by atoms with Crippen LogP contribution in [-0.4, -0.2) is 88.1 Å². The lowest BCUT2D eigenvalue weighted by atomic mass is 9.86. The van der Waals surface area contributed by atoms with E-state index in [4.69, 9.17) is 13.3 Å². The average molecular weight is 666 g/mol. The Kier molecular flexibility index (Phi) is 10.6. The van der Waals surface area contributed by atoms with Crippen molar-refractivity contribution in [2.45, 2.75) is 92.9 Å². The summed E-state index contributed by atoms with van der Waals surface area (Å²) in [6, 6.07) is 0. The van der Waals surface area contributed by atoms with Crippen molar-refractivity contribution in [3.63, 3.8) is 0 Å². The summed E-state index contributed by atoms with van der Waals surface area (Å²) in [6.45, 7) is -0.314. The lowest BCUT2D eigenvalue weighted by molar-refractivity contribution is -0.467. The van der Waals surface area contributed by atoms with Gasteiger partial charge in [-0.25, -0.2) is 0 Å². The van der Waals surface area contributed by atoms with Crippen molar-refractivity contribution in [1.82, 2.24) is 0 Å². The minimum Gasteiger partial charge on any atom is -0.372 e. The van der Waals surface area contributed by atoms with E-state index in [1.54, 1.807) is 0 Å². The maximum atomic E-state index is 15.7. The van der Waals surface area contributed by atoms with Crippen molar-refractivity contribution >= 4 is 8.80 Å². The van der Waals surface area contributed by atoms with E-state index in [2.05, 4.69) is 4.74 Å². The molecule has 246 valence electrons. The zero-order valence-corrected chi connectivity index (χ0v) is 22.0. The Hall–Kier alpha value is -1.13. The SMILES string of the molecule is CCO[Si](OCC)(OCC)C1(C(F)(F)C(F)(F)C(F)(F)C(F)(F)C(F)(F)C(F)(F)C(F)(F)C(F)(F)F)CCCCO1. The lowest BCUT2D eigenvalue weighted by Crippen LogP contribution is -2.82. The third-order valence-electron chi connectivity index (χ3n) is 6.00. The molecule has 1 atom stereocenters. The van der Waals surface area contributed by atoms with Crippen LogP contribution in [0.3, 0.4) is 0 Å². The molecule has 41 heavy (non-hydrogen) atoms. The monoisotopic (exact) mass is 666 g/mol. The molecule has 0 aliphatic carbocycles. The van der Waals surface area contributed by atoms with Crippen LogP contribution in [0.4, 0.5) is 74.6 Å². The van der Waals surface area contributed by atoms with E-state index < -0.39 is 101 Å². The van der Waals surface area contributed by atoms with Crippen LogP contribution in [0, 0.1) is 0 Å². The minimum absolute atomic E-state index is 0.262. The minimum atomic E-state index is -8.73. The molecule has 0 aromatic heterocycles. The molecule has 0 saturated carbocycles.